The van der Waals surface area contributed by atoms with E-state index < -0.39 is 11.9 Å². The van der Waals surface area contributed by atoms with E-state index >= 15 is 0 Å². The molecule has 1 heterocycles. The summed E-state index contributed by atoms with van der Waals surface area (Å²) in [5, 5.41) is 14.8. The minimum Gasteiger partial charge on any atom is -0.491 e. The molecule has 1 fully saturated rings. The Morgan fingerprint density at radius 3 is 1.89 bits per heavy atom. The van der Waals surface area contributed by atoms with Crippen LogP contribution in [0.1, 0.15) is 5.56 Å². The van der Waals surface area contributed by atoms with Crippen molar-refractivity contribution in [3.8, 4) is 16.9 Å². The van der Waals surface area contributed by atoms with Crippen LogP contribution in [0.3, 0.4) is 0 Å². The van der Waals surface area contributed by atoms with Crippen LogP contribution >= 0.6 is 0 Å². The van der Waals surface area contributed by atoms with E-state index in [2.05, 4.69) is 70.5 Å². The molecule has 2 N–H and O–H groups in total. The number of carbonyl (C=O) groups is 2. The average molecular weight is 507 g/mol. The van der Waals surface area contributed by atoms with Gasteiger partial charge in [0.2, 0.25) is 0 Å². The molecule has 0 aliphatic carbocycles. The molecule has 0 amide bonds. The van der Waals surface area contributed by atoms with E-state index in [0.29, 0.717) is 13.2 Å². The van der Waals surface area contributed by atoms with Gasteiger partial charge in [0.1, 0.15) is 12.4 Å². The van der Waals surface area contributed by atoms with Crippen LogP contribution in [0.4, 0.5) is 0 Å². The molecule has 196 valence electrons. The first-order valence-corrected chi connectivity index (χ1v) is 12.3. The molecular weight excluding hydrogens is 472 g/mol. The van der Waals surface area contributed by atoms with Gasteiger partial charge in [-0.3, -0.25) is 9.80 Å². The molecule has 0 radical (unpaired) electrons. The first-order valence-electron chi connectivity index (χ1n) is 12.3. The maximum atomic E-state index is 9.10. The van der Waals surface area contributed by atoms with E-state index in [4.69, 9.17) is 29.3 Å². The van der Waals surface area contributed by atoms with Gasteiger partial charge in [0.25, 0.3) is 0 Å². The molecule has 0 bridgehead atoms. The smallest absolute Gasteiger partial charge is 0.414 e. The number of carboxylic acid groups (broad SMARTS) is 2. The summed E-state index contributed by atoms with van der Waals surface area (Å²) in [6.45, 7) is 8.41. The van der Waals surface area contributed by atoms with Gasteiger partial charge in [0.05, 0.1) is 13.2 Å². The summed E-state index contributed by atoms with van der Waals surface area (Å²) >= 11 is 0. The zero-order valence-corrected chi connectivity index (χ0v) is 20.9. The van der Waals surface area contributed by atoms with E-state index in [0.717, 1.165) is 57.2 Å². The highest BCUT2D eigenvalue weighted by molar-refractivity contribution is 6.27. The summed E-state index contributed by atoms with van der Waals surface area (Å²) in [7, 11) is 0. The average Bonchev–Trinajstić information content (AvgIpc) is 2.93. The SMILES string of the molecule is O=C(O)C(=O)O.c1ccc(CN2CCN(CCOCCOc3ccccc3-c3ccccc3)CC2)cc1. The second-order valence-electron chi connectivity index (χ2n) is 8.54. The summed E-state index contributed by atoms with van der Waals surface area (Å²) in [6, 6.07) is 29.3. The maximum absolute atomic E-state index is 9.10. The van der Waals surface area contributed by atoms with E-state index in [9.17, 15) is 0 Å². The van der Waals surface area contributed by atoms with Crippen LogP contribution in [-0.2, 0) is 20.9 Å². The van der Waals surface area contributed by atoms with Crippen molar-refractivity contribution in [2.45, 2.75) is 6.54 Å². The Bertz CT molecular complexity index is 1070. The Morgan fingerprint density at radius 2 is 1.24 bits per heavy atom. The number of para-hydroxylation sites is 1. The van der Waals surface area contributed by atoms with Gasteiger partial charge < -0.3 is 19.7 Å². The maximum Gasteiger partial charge on any atom is 0.414 e. The number of carboxylic acids is 2. The van der Waals surface area contributed by atoms with Crippen LogP contribution in [0.5, 0.6) is 5.75 Å². The number of nitrogens with zero attached hydrogens (tertiary/aromatic N) is 2. The number of hydrogen-bond acceptors (Lipinski definition) is 6. The molecule has 37 heavy (non-hydrogen) atoms. The van der Waals surface area contributed by atoms with Crippen LogP contribution in [0, 0.1) is 0 Å². The molecule has 8 heteroatoms. The summed E-state index contributed by atoms with van der Waals surface area (Å²) in [4.78, 5) is 23.2. The van der Waals surface area contributed by atoms with Crippen LogP contribution in [0.15, 0.2) is 84.9 Å². The van der Waals surface area contributed by atoms with Gasteiger partial charge in [-0.1, -0.05) is 78.9 Å². The third-order valence-electron chi connectivity index (χ3n) is 5.91. The Hall–Kier alpha value is -3.72. The van der Waals surface area contributed by atoms with E-state index in [-0.39, 0.29) is 0 Å². The van der Waals surface area contributed by atoms with Crippen LogP contribution in [-0.4, -0.2) is 84.5 Å². The molecule has 8 nitrogen and oxygen atoms in total. The molecule has 0 atom stereocenters. The van der Waals surface area contributed by atoms with Gasteiger partial charge in [-0.15, -0.1) is 0 Å². The molecule has 0 spiro atoms. The molecule has 1 saturated heterocycles. The fraction of sp³-hybridized carbons (Fsp3) is 0.310. The van der Waals surface area contributed by atoms with Crippen molar-refractivity contribution >= 4 is 11.9 Å². The first kappa shape index (κ1) is 27.9. The lowest BCUT2D eigenvalue weighted by molar-refractivity contribution is -0.159. The van der Waals surface area contributed by atoms with Crippen molar-refractivity contribution in [1.82, 2.24) is 9.80 Å². The van der Waals surface area contributed by atoms with Gasteiger partial charge in [0, 0.05) is 44.8 Å². The number of aliphatic carboxylic acids is 2. The van der Waals surface area contributed by atoms with Gasteiger partial charge in [-0.25, -0.2) is 9.59 Å². The molecular formula is C29H34N2O6. The Balaban J connectivity index is 0.000000568. The van der Waals surface area contributed by atoms with Crippen LogP contribution in [0.2, 0.25) is 0 Å². The fourth-order valence-electron chi connectivity index (χ4n) is 3.97. The predicted molar refractivity (Wildman–Crippen MR) is 142 cm³/mol. The molecule has 3 aromatic rings. The molecule has 1 aliphatic heterocycles. The summed E-state index contributed by atoms with van der Waals surface area (Å²) in [6.07, 6.45) is 0. The summed E-state index contributed by atoms with van der Waals surface area (Å²) < 4.78 is 11.9. The highest BCUT2D eigenvalue weighted by Crippen LogP contribution is 2.29. The summed E-state index contributed by atoms with van der Waals surface area (Å²) in [5.74, 6) is -2.74. The van der Waals surface area contributed by atoms with Crippen molar-refractivity contribution in [3.63, 3.8) is 0 Å². The Morgan fingerprint density at radius 1 is 0.676 bits per heavy atom. The van der Waals surface area contributed by atoms with Crippen LogP contribution in [0.25, 0.3) is 11.1 Å². The molecule has 1 aliphatic rings. The van der Waals surface area contributed by atoms with E-state index in [1.54, 1.807) is 0 Å². The quantitative estimate of drug-likeness (QED) is 0.317. The van der Waals surface area contributed by atoms with Crippen molar-refractivity contribution in [3.05, 3.63) is 90.5 Å². The molecule has 0 aromatic heterocycles. The normalized spacial score (nSPS) is 13.8. The minimum atomic E-state index is -1.82. The molecule has 0 unspecified atom stereocenters. The number of rotatable bonds is 10. The second-order valence-corrected chi connectivity index (χ2v) is 8.54. The Labute approximate surface area is 217 Å². The van der Waals surface area contributed by atoms with Crippen molar-refractivity contribution in [1.29, 1.82) is 0 Å². The third-order valence-corrected chi connectivity index (χ3v) is 5.91. The highest BCUT2D eigenvalue weighted by atomic mass is 16.5. The highest BCUT2D eigenvalue weighted by Gasteiger charge is 2.16. The lowest BCUT2D eigenvalue weighted by Gasteiger charge is -2.34. The fourth-order valence-corrected chi connectivity index (χ4v) is 3.97. The molecule has 4 rings (SSSR count). The zero-order valence-electron chi connectivity index (χ0n) is 20.9. The van der Waals surface area contributed by atoms with Crippen molar-refractivity contribution in [2.75, 3.05) is 52.5 Å². The first-order chi connectivity index (χ1) is 18.0. The van der Waals surface area contributed by atoms with Gasteiger partial charge in [-0.05, 0) is 17.2 Å². The van der Waals surface area contributed by atoms with E-state index in [1.807, 2.05) is 24.3 Å². The molecule has 3 aromatic carbocycles. The topological polar surface area (TPSA) is 99.5 Å². The number of piperazine rings is 1. The number of ether oxygens (including phenoxy) is 2. The minimum absolute atomic E-state index is 0.564. The number of benzene rings is 3. The Kier molecular flexibility index (Phi) is 11.6. The lowest BCUT2D eigenvalue weighted by atomic mass is 10.1. The summed E-state index contributed by atoms with van der Waals surface area (Å²) in [5.41, 5.74) is 3.69. The third kappa shape index (κ3) is 10.0. The second kappa shape index (κ2) is 15.4. The van der Waals surface area contributed by atoms with Gasteiger partial charge in [0.15, 0.2) is 0 Å². The monoisotopic (exact) mass is 506 g/mol. The van der Waals surface area contributed by atoms with Crippen molar-refractivity contribution < 1.29 is 29.3 Å². The van der Waals surface area contributed by atoms with Crippen LogP contribution < -0.4 is 4.74 Å². The van der Waals surface area contributed by atoms with Crippen molar-refractivity contribution in [2.24, 2.45) is 0 Å². The van der Waals surface area contributed by atoms with E-state index in [1.165, 1.54) is 11.1 Å². The molecule has 0 saturated carbocycles. The largest absolute Gasteiger partial charge is 0.491 e. The van der Waals surface area contributed by atoms with Gasteiger partial charge >= 0.3 is 11.9 Å². The predicted octanol–water partition coefficient (Wildman–Crippen LogP) is 3.72. The lowest BCUT2D eigenvalue weighted by Crippen LogP contribution is -2.46. The zero-order chi connectivity index (χ0) is 26.3. The number of hydrogen-bond donors (Lipinski definition) is 2. The standard InChI is InChI=1S/C27H32N2O2.C2H2O4/c1-3-9-24(10-4-1)23-29-17-15-28(16-18-29)19-20-30-21-22-31-27-14-8-7-13-26(27)25-11-5-2-6-12-25;3-1(4)2(5)6/h1-14H,15-23H2;(H,3,4)(H,5,6). The van der Waals surface area contributed by atoms with Gasteiger partial charge in [-0.2, -0.15) is 0 Å².